The fraction of sp³-hybridized carbons (Fsp3) is 0.115. The molecule has 0 radical (unpaired) electrons. The van der Waals surface area contributed by atoms with Crippen molar-refractivity contribution in [3.63, 3.8) is 0 Å². The maximum atomic E-state index is 13.7. The summed E-state index contributed by atoms with van der Waals surface area (Å²) in [5.74, 6) is -0.250. The summed E-state index contributed by atoms with van der Waals surface area (Å²) in [5, 5.41) is 4.31. The predicted octanol–water partition coefficient (Wildman–Crippen LogP) is 5.82. The number of amidine groups is 1. The molecule has 2 aliphatic heterocycles. The first-order chi connectivity index (χ1) is 16.5. The van der Waals surface area contributed by atoms with E-state index in [0.717, 1.165) is 21.2 Å². The Morgan fingerprint density at radius 2 is 1.65 bits per heavy atom. The lowest BCUT2D eigenvalue weighted by atomic mass is 10.2. The minimum absolute atomic E-state index is 0.0771. The van der Waals surface area contributed by atoms with Gasteiger partial charge in [0, 0.05) is 18.9 Å². The van der Waals surface area contributed by atoms with Crippen molar-refractivity contribution < 1.29 is 9.59 Å². The average molecular weight is 487 g/mol. The molecule has 8 heteroatoms. The molecule has 2 aliphatic rings. The fourth-order valence-corrected chi connectivity index (χ4v) is 6.13. The van der Waals surface area contributed by atoms with Gasteiger partial charge in [-0.2, -0.15) is 0 Å². The van der Waals surface area contributed by atoms with Gasteiger partial charge in [-0.15, -0.1) is 0 Å². The van der Waals surface area contributed by atoms with Gasteiger partial charge in [-0.25, -0.2) is 4.99 Å². The summed E-state index contributed by atoms with van der Waals surface area (Å²) < 4.78 is 0. The van der Waals surface area contributed by atoms with E-state index in [2.05, 4.69) is 22.3 Å². The van der Waals surface area contributed by atoms with Crippen LogP contribution in [-0.4, -0.2) is 28.9 Å². The maximum absolute atomic E-state index is 13.7. The highest BCUT2D eigenvalue weighted by molar-refractivity contribution is 8.19. The molecule has 0 unspecified atom stereocenters. The van der Waals surface area contributed by atoms with Gasteiger partial charge in [-0.3, -0.25) is 14.5 Å². The van der Waals surface area contributed by atoms with E-state index in [9.17, 15) is 9.59 Å². The number of aliphatic imine (C=N–C) groups is 1. The van der Waals surface area contributed by atoms with Crippen molar-refractivity contribution in [1.82, 2.24) is 4.90 Å². The number of amides is 2. The van der Waals surface area contributed by atoms with E-state index in [0.29, 0.717) is 28.0 Å². The quantitative estimate of drug-likeness (QED) is 0.471. The Morgan fingerprint density at radius 3 is 2.41 bits per heavy atom. The Bertz CT molecular complexity index is 1340. The highest BCUT2D eigenvalue weighted by Crippen LogP contribution is 2.50. The molecule has 170 valence electrons. The molecule has 0 bridgehead atoms. The van der Waals surface area contributed by atoms with E-state index in [1.165, 1.54) is 18.7 Å². The number of hydrogen-bond acceptors (Lipinski definition) is 6. The zero-order chi connectivity index (χ0) is 23.7. The van der Waals surface area contributed by atoms with Gasteiger partial charge in [0.25, 0.3) is 5.91 Å². The molecule has 0 aromatic heterocycles. The highest BCUT2D eigenvalue weighted by atomic mass is 32.2. The van der Waals surface area contributed by atoms with Crippen LogP contribution >= 0.6 is 23.5 Å². The molecule has 5 rings (SSSR count). The Labute approximate surface area is 206 Å². The van der Waals surface area contributed by atoms with Crippen LogP contribution in [0.3, 0.4) is 0 Å². The van der Waals surface area contributed by atoms with E-state index < -0.39 is 0 Å². The largest absolute Gasteiger partial charge is 0.337 e. The smallest absolute Gasteiger partial charge is 0.269 e. The lowest BCUT2D eigenvalue weighted by Crippen LogP contribution is -2.29. The van der Waals surface area contributed by atoms with Gasteiger partial charge in [0.15, 0.2) is 5.17 Å². The van der Waals surface area contributed by atoms with Crippen molar-refractivity contribution in [1.29, 1.82) is 0 Å². The van der Waals surface area contributed by atoms with Gasteiger partial charge < -0.3 is 10.2 Å². The number of rotatable bonds is 4. The van der Waals surface area contributed by atoms with Crippen LogP contribution in [0, 0.1) is 0 Å². The number of thioether (sulfide) groups is 2. The average Bonchev–Trinajstić information content (AvgIpc) is 3.32. The topological polar surface area (TPSA) is 65.0 Å². The number of para-hydroxylation sites is 3. The molecule has 0 atom stereocenters. The van der Waals surface area contributed by atoms with Crippen LogP contribution in [0.15, 0.2) is 98.7 Å². The summed E-state index contributed by atoms with van der Waals surface area (Å²) in [5.41, 5.74) is 3.31. The van der Waals surface area contributed by atoms with Crippen molar-refractivity contribution >= 4 is 57.6 Å². The maximum Gasteiger partial charge on any atom is 0.269 e. The second-order valence-corrected chi connectivity index (χ2v) is 9.84. The van der Waals surface area contributed by atoms with Crippen molar-refractivity contribution in [3.8, 4) is 0 Å². The number of hydrogen-bond donors (Lipinski definition) is 1. The third-order valence-corrected chi connectivity index (χ3v) is 7.84. The number of nitrogens with one attached hydrogen (secondary N) is 1. The Kier molecular flexibility index (Phi) is 6.17. The van der Waals surface area contributed by atoms with Gasteiger partial charge in [-0.1, -0.05) is 66.4 Å². The molecule has 1 N–H and O–H groups in total. The Balaban J connectivity index is 1.57. The minimum Gasteiger partial charge on any atom is -0.337 e. The van der Waals surface area contributed by atoms with E-state index in [1.54, 1.807) is 22.7 Å². The third kappa shape index (κ3) is 4.34. The van der Waals surface area contributed by atoms with E-state index in [4.69, 9.17) is 4.99 Å². The molecule has 0 aliphatic carbocycles. The van der Waals surface area contributed by atoms with Gasteiger partial charge in [0.05, 0.1) is 28.6 Å². The van der Waals surface area contributed by atoms with Crippen LogP contribution in [0.25, 0.3) is 0 Å². The molecule has 0 spiro atoms. The molecule has 1 fully saturated rings. The van der Waals surface area contributed by atoms with Gasteiger partial charge in [-0.05, 0) is 41.6 Å². The van der Waals surface area contributed by atoms with E-state index >= 15 is 0 Å². The first-order valence-corrected chi connectivity index (χ1v) is 12.4. The molecule has 6 nitrogen and oxygen atoms in total. The lowest BCUT2D eigenvalue weighted by Gasteiger charge is -2.17. The number of nitrogens with zero attached hydrogens (tertiary/aromatic N) is 3. The van der Waals surface area contributed by atoms with Crippen LogP contribution in [-0.2, 0) is 16.1 Å². The molecule has 0 saturated carbocycles. The van der Waals surface area contributed by atoms with Crippen LogP contribution < -0.4 is 10.2 Å². The number of benzene rings is 3. The summed E-state index contributed by atoms with van der Waals surface area (Å²) >= 11 is 2.97. The normalized spacial score (nSPS) is 18.5. The predicted molar refractivity (Wildman–Crippen MR) is 140 cm³/mol. The molecular weight excluding hydrogens is 464 g/mol. The van der Waals surface area contributed by atoms with E-state index in [-0.39, 0.29) is 11.8 Å². The van der Waals surface area contributed by atoms with Crippen molar-refractivity contribution in [2.75, 3.05) is 17.3 Å². The summed E-state index contributed by atoms with van der Waals surface area (Å²) in [6.07, 6.45) is 0. The van der Waals surface area contributed by atoms with Crippen molar-refractivity contribution in [2.45, 2.75) is 18.4 Å². The van der Waals surface area contributed by atoms with Gasteiger partial charge in [0.1, 0.15) is 4.91 Å². The second-order valence-electron chi connectivity index (χ2n) is 7.83. The van der Waals surface area contributed by atoms with Crippen molar-refractivity contribution in [2.24, 2.45) is 4.99 Å². The standard InChI is InChI=1S/C26H22N4O2S2/c1-17(31)27-19-12-6-7-13-20(19)28-26-30(16-18-10-4-3-5-11-18)24(32)23(34-26)25-29(2)21-14-8-9-15-22(21)33-25/h3-15H,16H2,1-2H3,(H,27,31). The van der Waals surface area contributed by atoms with Gasteiger partial charge >= 0.3 is 0 Å². The molecule has 2 heterocycles. The van der Waals surface area contributed by atoms with Crippen LogP contribution in [0.4, 0.5) is 17.1 Å². The Morgan fingerprint density at radius 1 is 0.941 bits per heavy atom. The zero-order valence-corrected chi connectivity index (χ0v) is 20.3. The van der Waals surface area contributed by atoms with Gasteiger partial charge in [0.2, 0.25) is 5.91 Å². The summed E-state index contributed by atoms with van der Waals surface area (Å²) in [6, 6.07) is 25.4. The van der Waals surface area contributed by atoms with Crippen LogP contribution in [0.5, 0.6) is 0 Å². The molecule has 2 amide bonds. The molecule has 3 aromatic carbocycles. The van der Waals surface area contributed by atoms with Crippen molar-refractivity contribution in [3.05, 3.63) is 94.4 Å². The fourth-order valence-electron chi connectivity index (χ4n) is 3.79. The molecule has 1 saturated heterocycles. The lowest BCUT2D eigenvalue weighted by molar-refractivity contribution is -0.122. The second kappa shape index (κ2) is 9.40. The van der Waals surface area contributed by atoms with Crippen LogP contribution in [0.2, 0.25) is 0 Å². The summed E-state index contributed by atoms with van der Waals surface area (Å²) in [7, 11) is 1.98. The number of anilines is 2. The highest BCUT2D eigenvalue weighted by Gasteiger charge is 2.39. The molecule has 3 aromatic rings. The first kappa shape index (κ1) is 22.3. The minimum atomic E-state index is -0.173. The summed E-state index contributed by atoms with van der Waals surface area (Å²) in [4.78, 5) is 35.8. The molecular formula is C26H22N4O2S2. The molecule has 34 heavy (non-hydrogen) atoms. The number of carbonyl (C=O) groups excluding carboxylic acids is 2. The summed E-state index contributed by atoms with van der Waals surface area (Å²) in [6.45, 7) is 1.87. The Hall–Kier alpha value is -3.49. The number of carbonyl (C=O) groups is 2. The number of fused-ring (bicyclic) bond motifs is 1. The third-order valence-electron chi connectivity index (χ3n) is 5.41. The SMILES string of the molecule is CC(=O)Nc1ccccc1N=C1SC(=C2Sc3ccccc3N2C)C(=O)N1Cc1ccccc1. The first-order valence-electron chi connectivity index (χ1n) is 10.7. The monoisotopic (exact) mass is 486 g/mol. The zero-order valence-electron chi connectivity index (χ0n) is 18.7. The van der Waals surface area contributed by atoms with E-state index in [1.807, 2.05) is 67.7 Å². The van der Waals surface area contributed by atoms with Crippen LogP contribution in [0.1, 0.15) is 12.5 Å².